The standard InChI is InChI=1S/C22H26FN3O2SSi/c1-15-9-18(28-21(29-3)20(27)26-22(2,13-23)14-24)11-17-10-16(12-25-19(15)17)7-8-30(4,5)6/h9-12,21H,13H2,1-6H3,(H,26,27). The van der Waals surface area contributed by atoms with E-state index in [1.165, 1.54) is 6.92 Å². The Balaban J connectivity index is 2.33. The summed E-state index contributed by atoms with van der Waals surface area (Å²) in [4.78, 5) is 17.0. The molecule has 1 amide bonds. The quantitative estimate of drug-likeness (QED) is 0.411. The summed E-state index contributed by atoms with van der Waals surface area (Å²) in [5.74, 6) is 3.13. The number of thioether (sulfide) groups is 1. The van der Waals surface area contributed by atoms with Crippen LogP contribution in [0.4, 0.5) is 4.39 Å². The van der Waals surface area contributed by atoms with Gasteiger partial charge in [-0.3, -0.25) is 9.78 Å². The minimum Gasteiger partial charge on any atom is -0.470 e. The van der Waals surface area contributed by atoms with Gasteiger partial charge in [-0.2, -0.15) is 5.26 Å². The second kappa shape index (κ2) is 9.50. The van der Waals surface area contributed by atoms with Gasteiger partial charge in [0.1, 0.15) is 20.5 Å². The number of ether oxygens (including phenoxy) is 1. The van der Waals surface area contributed by atoms with E-state index in [4.69, 9.17) is 10.00 Å². The van der Waals surface area contributed by atoms with Crippen molar-refractivity contribution in [1.29, 1.82) is 5.26 Å². The van der Waals surface area contributed by atoms with Gasteiger partial charge in [-0.05, 0) is 43.9 Å². The Hall–Kier alpha value is -2.55. The molecule has 8 heteroatoms. The number of carbonyl (C=O) groups is 1. The maximum atomic E-state index is 13.1. The Bertz CT molecular complexity index is 1050. The SMILES string of the molecule is CSC(Oc1cc(C)c2ncc(C#C[Si](C)(C)C)cc2c1)C(=O)NC(C)(C#N)CF. The fraction of sp³-hybridized carbons (Fsp3) is 0.409. The van der Waals surface area contributed by atoms with Crippen LogP contribution in [-0.4, -0.2) is 42.9 Å². The lowest BCUT2D eigenvalue weighted by atomic mass is 10.1. The summed E-state index contributed by atoms with van der Waals surface area (Å²) < 4.78 is 19.0. The third-order valence-electron chi connectivity index (χ3n) is 4.11. The van der Waals surface area contributed by atoms with E-state index in [-0.39, 0.29) is 0 Å². The predicted octanol–water partition coefficient (Wildman–Crippen LogP) is 4.21. The van der Waals surface area contributed by atoms with Crippen LogP contribution in [-0.2, 0) is 4.79 Å². The number of fused-ring (bicyclic) bond motifs is 1. The highest BCUT2D eigenvalue weighted by Crippen LogP contribution is 2.26. The molecule has 0 bridgehead atoms. The van der Waals surface area contributed by atoms with E-state index >= 15 is 0 Å². The van der Waals surface area contributed by atoms with Gasteiger partial charge in [0.05, 0.1) is 11.6 Å². The zero-order valence-electron chi connectivity index (χ0n) is 18.1. The van der Waals surface area contributed by atoms with Gasteiger partial charge in [-0.25, -0.2) is 4.39 Å². The molecular formula is C22H26FN3O2SSi. The van der Waals surface area contributed by atoms with Gasteiger partial charge in [0.25, 0.3) is 5.91 Å². The molecule has 0 spiro atoms. The molecular weight excluding hydrogens is 417 g/mol. The van der Waals surface area contributed by atoms with E-state index in [0.29, 0.717) is 5.75 Å². The first kappa shape index (κ1) is 23.7. The van der Waals surface area contributed by atoms with Crippen molar-refractivity contribution in [3.63, 3.8) is 0 Å². The normalized spacial score (nSPS) is 14.1. The van der Waals surface area contributed by atoms with E-state index in [2.05, 4.69) is 41.4 Å². The first-order valence-corrected chi connectivity index (χ1v) is 14.2. The number of carbonyl (C=O) groups excluding carboxylic acids is 1. The summed E-state index contributed by atoms with van der Waals surface area (Å²) in [5, 5.41) is 12.4. The lowest BCUT2D eigenvalue weighted by molar-refractivity contribution is -0.125. The number of nitrogens with one attached hydrogen (secondary N) is 1. The topological polar surface area (TPSA) is 75.0 Å². The van der Waals surface area contributed by atoms with Crippen LogP contribution >= 0.6 is 11.8 Å². The van der Waals surface area contributed by atoms with Crippen molar-refractivity contribution in [3.05, 3.63) is 35.5 Å². The molecule has 158 valence electrons. The first-order chi connectivity index (χ1) is 14.0. The molecule has 2 aromatic rings. The fourth-order valence-electron chi connectivity index (χ4n) is 2.55. The molecule has 0 aliphatic carbocycles. The van der Waals surface area contributed by atoms with Crippen molar-refractivity contribution in [3.8, 4) is 23.3 Å². The second-order valence-electron chi connectivity index (χ2n) is 8.29. The average Bonchev–Trinajstić information content (AvgIpc) is 2.69. The zero-order chi connectivity index (χ0) is 22.5. The Kier molecular flexibility index (Phi) is 7.52. The third-order valence-corrected chi connectivity index (χ3v) is 5.73. The summed E-state index contributed by atoms with van der Waals surface area (Å²) in [5.41, 5.74) is 3.38. The van der Waals surface area contributed by atoms with Crippen LogP contribution in [0.25, 0.3) is 10.9 Å². The van der Waals surface area contributed by atoms with Crippen molar-refractivity contribution in [2.45, 2.75) is 44.5 Å². The summed E-state index contributed by atoms with van der Waals surface area (Å²) in [6.07, 6.45) is 3.48. The highest BCUT2D eigenvalue weighted by Gasteiger charge is 2.30. The van der Waals surface area contributed by atoms with Crippen molar-refractivity contribution >= 4 is 36.6 Å². The number of amides is 1. The minimum atomic E-state index is -1.58. The first-order valence-electron chi connectivity index (χ1n) is 9.42. The van der Waals surface area contributed by atoms with Crippen molar-refractivity contribution in [2.24, 2.45) is 0 Å². The lowest BCUT2D eigenvalue weighted by Gasteiger charge is -2.23. The monoisotopic (exact) mass is 443 g/mol. The number of nitriles is 1. The van der Waals surface area contributed by atoms with Crippen molar-refractivity contribution < 1.29 is 13.9 Å². The molecule has 0 fully saturated rings. The van der Waals surface area contributed by atoms with Gasteiger partial charge < -0.3 is 10.1 Å². The fourth-order valence-corrected chi connectivity index (χ4v) is 3.55. The molecule has 2 atom stereocenters. The number of pyridine rings is 1. The van der Waals surface area contributed by atoms with Gasteiger partial charge >= 0.3 is 0 Å². The molecule has 1 heterocycles. The number of rotatable bonds is 6. The smallest absolute Gasteiger partial charge is 0.273 e. The van der Waals surface area contributed by atoms with E-state index in [1.54, 1.807) is 24.6 Å². The molecule has 0 radical (unpaired) electrons. The predicted molar refractivity (Wildman–Crippen MR) is 123 cm³/mol. The Morgan fingerprint density at radius 1 is 1.40 bits per heavy atom. The number of aromatic nitrogens is 1. The van der Waals surface area contributed by atoms with Crippen LogP contribution in [0.3, 0.4) is 0 Å². The summed E-state index contributed by atoms with van der Waals surface area (Å²) in [6, 6.07) is 7.34. The number of benzene rings is 1. The van der Waals surface area contributed by atoms with Crippen LogP contribution in [0.1, 0.15) is 18.1 Å². The van der Waals surface area contributed by atoms with Gasteiger partial charge in [0.2, 0.25) is 5.44 Å². The van der Waals surface area contributed by atoms with E-state index in [1.807, 2.05) is 19.1 Å². The molecule has 0 aliphatic heterocycles. The molecule has 2 rings (SSSR count). The van der Waals surface area contributed by atoms with Gasteiger partial charge in [0.15, 0.2) is 5.54 Å². The molecule has 0 saturated heterocycles. The van der Waals surface area contributed by atoms with Crippen LogP contribution in [0.5, 0.6) is 5.75 Å². The molecule has 0 aliphatic rings. The Morgan fingerprint density at radius 3 is 2.67 bits per heavy atom. The van der Waals surface area contributed by atoms with Crippen molar-refractivity contribution in [1.82, 2.24) is 10.3 Å². The Labute approximate surface area is 182 Å². The lowest BCUT2D eigenvalue weighted by Crippen LogP contribution is -2.50. The highest BCUT2D eigenvalue weighted by molar-refractivity contribution is 7.99. The van der Waals surface area contributed by atoms with Crippen LogP contribution in [0.2, 0.25) is 19.6 Å². The van der Waals surface area contributed by atoms with Gasteiger partial charge in [0, 0.05) is 17.1 Å². The van der Waals surface area contributed by atoms with E-state index in [0.717, 1.165) is 33.8 Å². The highest BCUT2D eigenvalue weighted by atomic mass is 32.2. The summed E-state index contributed by atoms with van der Waals surface area (Å²) in [6.45, 7) is 8.80. The Morgan fingerprint density at radius 2 is 2.10 bits per heavy atom. The third kappa shape index (κ3) is 6.22. The maximum absolute atomic E-state index is 13.1. The van der Waals surface area contributed by atoms with E-state index < -0.39 is 31.6 Å². The van der Waals surface area contributed by atoms with Crippen molar-refractivity contribution in [2.75, 3.05) is 12.9 Å². The van der Waals surface area contributed by atoms with Crippen LogP contribution in [0.15, 0.2) is 24.4 Å². The molecule has 1 aromatic carbocycles. The zero-order valence-corrected chi connectivity index (χ0v) is 19.9. The largest absolute Gasteiger partial charge is 0.470 e. The summed E-state index contributed by atoms with van der Waals surface area (Å²) in [7, 11) is -1.51. The number of halogens is 1. The second-order valence-corrected chi connectivity index (χ2v) is 13.9. The number of alkyl halides is 1. The molecule has 1 aromatic heterocycles. The average molecular weight is 444 g/mol. The molecule has 5 nitrogen and oxygen atoms in total. The van der Waals surface area contributed by atoms with Crippen LogP contribution < -0.4 is 10.1 Å². The summed E-state index contributed by atoms with van der Waals surface area (Å²) >= 11 is 1.16. The number of hydrogen-bond acceptors (Lipinski definition) is 5. The van der Waals surface area contributed by atoms with Crippen LogP contribution in [0, 0.1) is 29.7 Å². The molecule has 0 saturated carbocycles. The van der Waals surface area contributed by atoms with Gasteiger partial charge in [-0.15, -0.1) is 17.3 Å². The minimum absolute atomic E-state index is 0.491. The molecule has 30 heavy (non-hydrogen) atoms. The maximum Gasteiger partial charge on any atom is 0.273 e. The van der Waals surface area contributed by atoms with E-state index in [9.17, 15) is 9.18 Å². The number of hydrogen-bond donors (Lipinski definition) is 1. The molecule has 2 unspecified atom stereocenters. The van der Waals surface area contributed by atoms with Gasteiger partial charge in [-0.1, -0.05) is 25.6 Å². The molecule has 1 N–H and O–H groups in total. The number of aryl methyl sites for hydroxylation is 1. The number of nitrogens with zero attached hydrogens (tertiary/aromatic N) is 2.